The van der Waals surface area contributed by atoms with Crippen molar-refractivity contribution < 1.29 is 29.6 Å². The minimum Gasteiger partial charge on any atom is -0.507 e. The molecule has 188 valence electrons. The van der Waals surface area contributed by atoms with E-state index in [1.54, 1.807) is 30.3 Å². The van der Waals surface area contributed by atoms with Crippen molar-refractivity contribution in [3.05, 3.63) is 59.7 Å². The van der Waals surface area contributed by atoms with E-state index in [4.69, 9.17) is 20.1 Å². The summed E-state index contributed by atoms with van der Waals surface area (Å²) in [6.45, 7) is 2.86. The average molecular weight is 473 g/mol. The second-order valence-electron chi connectivity index (χ2n) is 8.36. The quantitative estimate of drug-likeness (QED) is 0.218. The molecule has 3 N–H and O–H groups in total. The molecular weight excluding hydrogens is 432 g/mol. The van der Waals surface area contributed by atoms with Crippen molar-refractivity contribution in [2.45, 2.75) is 84.0 Å². The van der Waals surface area contributed by atoms with Crippen LogP contribution in [0.2, 0.25) is 0 Å². The highest BCUT2D eigenvalue weighted by atomic mass is 16.5. The first-order valence-corrected chi connectivity index (χ1v) is 12.4. The number of benzene rings is 2. The van der Waals surface area contributed by atoms with Crippen LogP contribution in [0.15, 0.2) is 48.5 Å². The van der Waals surface area contributed by atoms with Crippen LogP contribution in [0.5, 0.6) is 11.5 Å². The normalized spacial score (nSPS) is 10.3. The summed E-state index contributed by atoms with van der Waals surface area (Å²) in [6.07, 6.45) is 15.7. The molecule has 0 bridgehead atoms. The predicted octanol–water partition coefficient (Wildman–Crippen LogP) is 7.56. The fourth-order valence-electron chi connectivity index (χ4n) is 3.55. The Hall–Kier alpha value is -3.02. The van der Waals surface area contributed by atoms with Crippen molar-refractivity contribution in [3.63, 3.8) is 0 Å². The summed E-state index contributed by atoms with van der Waals surface area (Å²) in [5.74, 6) is -1.76. The lowest BCUT2D eigenvalue weighted by Gasteiger charge is -2.08. The molecule has 0 amide bonds. The fourth-order valence-corrected chi connectivity index (χ4v) is 3.55. The van der Waals surface area contributed by atoms with Gasteiger partial charge in [-0.05, 0) is 30.7 Å². The van der Waals surface area contributed by atoms with Gasteiger partial charge >= 0.3 is 11.9 Å². The summed E-state index contributed by atoms with van der Waals surface area (Å²) >= 11 is 0. The highest BCUT2D eigenvalue weighted by molar-refractivity contribution is 5.91. The van der Waals surface area contributed by atoms with E-state index in [-0.39, 0.29) is 16.9 Å². The van der Waals surface area contributed by atoms with Crippen LogP contribution in [-0.2, 0) is 0 Å². The number of ether oxygens (including phenoxy) is 1. The number of aromatic carboxylic acids is 2. The summed E-state index contributed by atoms with van der Waals surface area (Å²) in [6, 6.07) is 12.7. The van der Waals surface area contributed by atoms with E-state index >= 15 is 0 Å². The van der Waals surface area contributed by atoms with Gasteiger partial charge in [0, 0.05) is 0 Å². The second kappa shape index (κ2) is 18.4. The summed E-state index contributed by atoms with van der Waals surface area (Å²) in [5.41, 5.74) is 0.180. The van der Waals surface area contributed by atoms with E-state index in [0.717, 1.165) is 12.8 Å². The summed E-state index contributed by atoms with van der Waals surface area (Å²) in [4.78, 5) is 21.3. The molecule has 6 heteroatoms. The molecule has 0 aromatic heterocycles. The first kappa shape index (κ1) is 29.0. The van der Waals surface area contributed by atoms with Gasteiger partial charge in [0.2, 0.25) is 0 Å². The standard InChI is InChI=1S/C21H34O3.C7H6O3/c1-2-3-4-5-6-7-8-9-10-11-12-15-18-24-20-17-14-13-16-19(20)21(22)23;8-6-4-2-1-3-5(6)7(9)10/h13-14,16-17H,2-12,15,18H2,1H3,(H,22,23);1-4,8H,(H,9,10). The lowest BCUT2D eigenvalue weighted by Crippen LogP contribution is -2.04. The molecule has 0 saturated heterocycles. The minimum atomic E-state index is -1.11. The van der Waals surface area contributed by atoms with E-state index in [1.165, 1.54) is 76.3 Å². The largest absolute Gasteiger partial charge is 0.507 e. The van der Waals surface area contributed by atoms with Crippen LogP contribution in [0, 0.1) is 0 Å². The number of para-hydroxylation sites is 2. The number of carboxylic acid groups (broad SMARTS) is 2. The van der Waals surface area contributed by atoms with Crippen molar-refractivity contribution in [2.24, 2.45) is 0 Å². The first-order valence-electron chi connectivity index (χ1n) is 12.4. The highest BCUT2D eigenvalue weighted by Gasteiger charge is 2.09. The molecule has 2 aromatic carbocycles. The number of hydrogen-bond donors (Lipinski definition) is 3. The van der Waals surface area contributed by atoms with Gasteiger partial charge in [-0.15, -0.1) is 0 Å². The van der Waals surface area contributed by atoms with Crippen LogP contribution < -0.4 is 4.74 Å². The van der Waals surface area contributed by atoms with Crippen molar-refractivity contribution in [2.75, 3.05) is 6.61 Å². The van der Waals surface area contributed by atoms with Gasteiger partial charge in [-0.25, -0.2) is 9.59 Å². The van der Waals surface area contributed by atoms with Gasteiger partial charge in [0.15, 0.2) is 0 Å². The monoisotopic (exact) mass is 472 g/mol. The van der Waals surface area contributed by atoms with E-state index in [2.05, 4.69) is 6.92 Å². The number of hydrogen-bond acceptors (Lipinski definition) is 4. The van der Waals surface area contributed by atoms with Gasteiger partial charge in [0.1, 0.15) is 22.6 Å². The predicted molar refractivity (Wildman–Crippen MR) is 135 cm³/mol. The second-order valence-corrected chi connectivity index (χ2v) is 8.36. The molecule has 0 unspecified atom stereocenters. The molecule has 6 nitrogen and oxygen atoms in total. The smallest absolute Gasteiger partial charge is 0.339 e. The molecule has 0 fully saturated rings. The molecule has 0 aliphatic carbocycles. The third kappa shape index (κ3) is 12.9. The molecule has 2 rings (SSSR count). The molecule has 2 aromatic rings. The average Bonchev–Trinajstić information content (AvgIpc) is 2.82. The maximum Gasteiger partial charge on any atom is 0.339 e. The Labute approximate surface area is 203 Å². The Bertz CT molecular complexity index is 833. The molecule has 0 atom stereocenters. The summed E-state index contributed by atoms with van der Waals surface area (Å²) in [5, 5.41) is 26.4. The third-order valence-electron chi connectivity index (χ3n) is 5.51. The number of phenols is 1. The van der Waals surface area contributed by atoms with Crippen molar-refractivity contribution >= 4 is 11.9 Å². The molecule has 0 radical (unpaired) electrons. The first-order chi connectivity index (χ1) is 16.5. The topological polar surface area (TPSA) is 104 Å². The SMILES string of the molecule is CCCCCCCCCCCCCCOc1ccccc1C(=O)O.O=C(O)c1ccccc1O. The fraction of sp³-hybridized carbons (Fsp3) is 0.500. The van der Waals surface area contributed by atoms with E-state index < -0.39 is 11.9 Å². The summed E-state index contributed by atoms with van der Waals surface area (Å²) in [7, 11) is 0. The molecule has 0 spiro atoms. The Balaban J connectivity index is 0.000000479. The number of carboxylic acids is 2. The number of unbranched alkanes of at least 4 members (excludes halogenated alkanes) is 11. The van der Waals surface area contributed by atoms with Gasteiger partial charge in [0.25, 0.3) is 0 Å². The van der Waals surface area contributed by atoms with Gasteiger partial charge in [0.05, 0.1) is 6.61 Å². The van der Waals surface area contributed by atoms with Crippen LogP contribution in [0.25, 0.3) is 0 Å². The van der Waals surface area contributed by atoms with Gasteiger partial charge in [-0.3, -0.25) is 0 Å². The molecule has 0 heterocycles. The van der Waals surface area contributed by atoms with Crippen LogP contribution in [0.1, 0.15) is 105 Å². The maximum atomic E-state index is 11.1. The van der Waals surface area contributed by atoms with E-state index in [9.17, 15) is 9.59 Å². The zero-order chi connectivity index (χ0) is 25.0. The minimum absolute atomic E-state index is 0.0671. The highest BCUT2D eigenvalue weighted by Crippen LogP contribution is 2.18. The van der Waals surface area contributed by atoms with Crippen molar-refractivity contribution in [1.29, 1.82) is 0 Å². The number of aromatic hydroxyl groups is 1. The van der Waals surface area contributed by atoms with Gasteiger partial charge in [-0.2, -0.15) is 0 Å². The zero-order valence-corrected chi connectivity index (χ0v) is 20.4. The molecule has 0 aliphatic heterocycles. The van der Waals surface area contributed by atoms with Gasteiger partial charge in [-0.1, -0.05) is 102 Å². The number of rotatable bonds is 16. The molecule has 0 saturated carbocycles. The van der Waals surface area contributed by atoms with Gasteiger partial charge < -0.3 is 20.1 Å². The van der Waals surface area contributed by atoms with Crippen LogP contribution in [0.3, 0.4) is 0 Å². The van der Waals surface area contributed by atoms with E-state index in [0.29, 0.717) is 12.4 Å². The number of carbonyl (C=O) groups is 2. The summed E-state index contributed by atoms with van der Waals surface area (Å²) < 4.78 is 5.61. The Morgan fingerprint density at radius 1 is 0.647 bits per heavy atom. The molecular formula is C28H40O6. The van der Waals surface area contributed by atoms with Crippen LogP contribution in [-0.4, -0.2) is 33.9 Å². The third-order valence-corrected chi connectivity index (χ3v) is 5.51. The maximum absolute atomic E-state index is 11.1. The Morgan fingerprint density at radius 2 is 1.09 bits per heavy atom. The lowest BCUT2D eigenvalue weighted by atomic mass is 10.1. The van der Waals surface area contributed by atoms with E-state index in [1.807, 2.05) is 6.07 Å². The van der Waals surface area contributed by atoms with Crippen LogP contribution in [0.4, 0.5) is 0 Å². The Kier molecular flexibility index (Phi) is 15.7. The molecule has 34 heavy (non-hydrogen) atoms. The zero-order valence-electron chi connectivity index (χ0n) is 20.4. The van der Waals surface area contributed by atoms with Crippen molar-refractivity contribution in [3.8, 4) is 11.5 Å². The lowest BCUT2D eigenvalue weighted by molar-refractivity contribution is 0.0681. The Morgan fingerprint density at radius 3 is 1.56 bits per heavy atom. The van der Waals surface area contributed by atoms with Crippen LogP contribution >= 0.6 is 0 Å². The van der Waals surface area contributed by atoms with Crippen molar-refractivity contribution in [1.82, 2.24) is 0 Å². The molecule has 0 aliphatic rings.